The predicted octanol–water partition coefficient (Wildman–Crippen LogP) is 5.25. The van der Waals surface area contributed by atoms with Gasteiger partial charge in [-0.2, -0.15) is 0 Å². The van der Waals surface area contributed by atoms with E-state index < -0.39 is 29.3 Å². The number of halogens is 2. The molecule has 1 aromatic heterocycles. The van der Waals surface area contributed by atoms with E-state index in [0.29, 0.717) is 17.4 Å². The summed E-state index contributed by atoms with van der Waals surface area (Å²) in [5, 5.41) is 3.17. The summed E-state index contributed by atoms with van der Waals surface area (Å²) in [6.07, 6.45) is -0.126. The molecule has 9 heteroatoms. The number of hydrogen-bond acceptors (Lipinski definition) is 6. The standard InChI is InChI=1S/C21H25Cl2NO6/c1-7-10(2)17(24-20(27)30-21(4,5)6)19(26)29-15-9-14-12(8-13(15)22)11(3)16(23)18(25)28-14/h8-10,17H,7H2,1-6H3,(H,24,27)/t10-,17+/m1/s1. The fourth-order valence-electron chi connectivity index (χ4n) is 2.68. The van der Waals surface area contributed by atoms with Crippen molar-refractivity contribution in [3.05, 3.63) is 38.2 Å². The molecule has 2 rings (SSSR count). The van der Waals surface area contributed by atoms with Crippen LogP contribution in [0.25, 0.3) is 11.0 Å². The van der Waals surface area contributed by atoms with Crippen molar-refractivity contribution in [3.63, 3.8) is 0 Å². The van der Waals surface area contributed by atoms with Gasteiger partial charge in [0, 0.05) is 11.5 Å². The first-order chi connectivity index (χ1) is 13.8. The molecule has 0 bridgehead atoms. The van der Waals surface area contributed by atoms with Crippen LogP contribution in [0.15, 0.2) is 21.3 Å². The first-order valence-electron chi connectivity index (χ1n) is 9.47. The van der Waals surface area contributed by atoms with Gasteiger partial charge in [0.1, 0.15) is 22.2 Å². The van der Waals surface area contributed by atoms with E-state index in [1.807, 2.05) is 6.92 Å². The molecule has 1 amide bonds. The summed E-state index contributed by atoms with van der Waals surface area (Å²) in [5.41, 5.74) is -0.738. The smallest absolute Gasteiger partial charge is 0.408 e. The minimum atomic E-state index is -0.962. The molecule has 0 saturated carbocycles. The van der Waals surface area contributed by atoms with Crippen LogP contribution in [0.3, 0.4) is 0 Å². The van der Waals surface area contributed by atoms with Crippen molar-refractivity contribution in [1.82, 2.24) is 5.32 Å². The van der Waals surface area contributed by atoms with Crippen LogP contribution in [-0.4, -0.2) is 23.7 Å². The van der Waals surface area contributed by atoms with E-state index in [1.165, 1.54) is 12.1 Å². The van der Waals surface area contributed by atoms with Crippen LogP contribution in [0.4, 0.5) is 4.79 Å². The number of rotatable bonds is 5. The largest absolute Gasteiger partial charge is 0.444 e. The van der Waals surface area contributed by atoms with Crippen molar-refractivity contribution in [2.24, 2.45) is 5.92 Å². The molecule has 2 atom stereocenters. The zero-order valence-corrected chi connectivity index (χ0v) is 19.2. The topological polar surface area (TPSA) is 94.8 Å². The number of carbonyl (C=O) groups is 2. The number of carbonyl (C=O) groups excluding carboxylic acids is 2. The Bertz CT molecular complexity index is 1020. The van der Waals surface area contributed by atoms with Crippen molar-refractivity contribution in [1.29, 1.82) is 0 Å². The van der Waals surface area contributed by atoms with Crippen LogP contribution >= 0.6 is 23.2 Å². The first kappa shape index (κ1) is 24.0. The van der Waals surface area contributed by atoms with Gasteiger partial charge in [-0.3, -0.25) is 0 Å². The summed E-state index contributed by atoms with van der Waals surface area (Å²) in [5.74, 6) is -0.953. The number of fused-ring (bicyclic) bond motifs is 1. The van der Waals surface area contributed by atoms with Crippen molar-refractivity contribution in [2.45, 2.75) is 59.6 Å². The van der Waals surface area contributed by atoms with Crippen LogP contribution in [0.5, 0.6) is 5.75 Å². The van der Waals surface area contributed by atoms with E-state index in [-0.39, 0.29) is 27.3 Å². The summed E-state index contributed by atoms with van der Waals surface area (Å²) < 4.78 is 15.9. The van der Waals surface area contributed by atoms with Gasteiger partial charge in [0.2, 0.25) is 0 Å². The predicted molar refractivity (Wildman–Crippen MR) is 115 cm³/mol. The molecule has 30 heavy (non-hydrogen) atoms. The van der Waals surface area contributed by atoms with Gasteiger partial charge >= 0.3 is 17.7 Å². The molecule has 1 heterocycles. The number of nitrogens with one attached hydrogen (secondary N) is 1. The van der Waals surface area contributed by atoms with E-state index in [9.17, 15) is 14.4 Å². The number of amides is 1. The lowest BCUT2D eigenvalue weighted by atomic mass is 9.99. The van der Waals surface area contributed by atoms with Crippen LogP contribution in [0.2, 0.25) is 10.0 Å². The quantitative estimate of drug-likeness (QED) is 0.374. The fraction of sp³-hybridized carbons (Fsp3) is 0.476. The van der Waals surface area contributed by atoms with Gasteiger partial charge in [0.25, 0.3) is 0 Å². The molecular formula is C21H25Cl2NO6. The number of esters is 1. The van der Waals surface area contributed by atoms with Crippen molar-refractivity contribution >= 4 is 46.2 Å². The summed E-state index contributed by atoms with van der Waals surface area (Å²) in [6.45, 7) is 10.5. The SMILES string of the molecule is CC[C@@H](C)[C@H](NC(=O)OC(C)(C)C)C(=O)Oc1cc2oc(=O)c(Cl)c(C)c2cc1Cl. The monoisotopic (exact) mass is 457 g/mol. The third-order valence-electron chi connectivity index (χ3n) is 4.50. The average Bonchev–Trinajstić information content (AvgIpc) is 2.63. The van der Waals surface area contributed by atoms with E-state index in [2.05, 4.69) is 5.32 Å². The van der Waals surface area contributed by atoms with Gasteiger partial charge in [-0.05, 0) is 45.2 Å². The molecule has 2 aromatic rings. The lowest BCUT2D eigenvalue weighted by Gasteiger charge is -2.25. The van der Waals surface area contributed by atoms with E-state index in [0.717, 1.165) is 0 Å². The fourth-order valence-corrected chi connectivity index (χ4v) is 3.02. The molecule has 7 nitrogen and oxygen atoms in total. The van der Waals surface area contributed by atoms with Gasteiger partial charge in [0.05, 0.1) is 5.02 Å². The van der Waals surface area contributed by atoms with Crippen LogP contribution < -0.4 is 15.7 Å². The van der Waals surface area contributed by atoms with Crippen molar-refractivity contribution < 1.29 is 23.5 Å². The van der Waals surface area contributed by atoms with Crippen LogP contribution in [-0.2, 0) is 9.53 Å². The number of alkyl carbamates (subject to hydrolysis) is 1. The number of aryl methyl sites for hydroxylation is 1. The maximum Gasteiger partial charge on any atom is 0.408 e. The Kier molecular flexibility index (Phi) is 7.42. The summed E-state index contributed by atoms with van der Waals surface area (Å²) in [7, 11) is 0. The molecule has 0 aliphatic rings. The van der Waals surface area contributed by atoms with Crippen molar-refractivity contribution in [2.75, 3.05) is 0 Å². The molecule has 0 saturated heterocycles. The average molecular weight is 458 g/mol. The van der Waals surface area contributed by atoms with Gasteiger partial charge in [0.15, 0.2) is 5.75 Å². The van der Waals surface area contributed by atoms with Crippen LogP contribution in [0.1, 0.15) is 46.6 Å². The van der Waals surface area contributed by atoms with E-state index in [1.54, 1.807) is 34.6 Å². The highest BCUT2D eigenvalue weighted by molar-refractivity contribution is 6.34. The Morgan fingerprint density at radius 2 is 1.87 bits per heavy atom. The first-order valence-corrected chi connectivity index (χ1v) is 10.2. The zero-order chi connectivity index (χ0) is 22.8. The normalized spacial score (nSPS) is 13.6. The summed E-state index contributed by atoms with van der Waals surface area (Å²) in [6, 6.07) is 1.89. The molecule has 0 fully saturated rings. The molecule has 0 spiro atoms. The molecule has 0 aliphatic carbocycles. The second-order valence-corrected chi connectivity index (χ2v) is 8.82. The Balaban J connectivity index is 2.33. The maximum absolute atomic E-state index is 12.8. The maximum atomic E-state index is 12.8. The third-order valence-corrected chi connectivity index (χ3v) is 5.23. The molecular weight excluding hydrogens is 433 g/mol. The third kappa shape index (κ3) is 5.67. The molecule has 0 radical (unpaired) electrons. The van der Waals surface area contributed by atoms with Gasteiger partial charge in [-0.15, -0.1) is 0 Å². The number of hydrogen-bond donors (Lipinski definition) is 1. The highest BCUT2D eigenvalue weighted by atomic mass is 35.5. The highest BCUT2D eigenvalue weighted by Crippen LogP contribution is 2.33. The Morgan fingerprint density at radius 1 is 1.23 bits per heavy atom. The minimum Gasteiger partial charge on any atom is -0.444 e. The Morgan fingerprint density at radius 3 is 2.43 bits per heavy atom. The summed E-state index contributed by atoms with van der Waals surface area (Å²) in [4.78, 5) is 36.8. The van der Waals surface area contributed by atoms with Gasteiger partial charge < -0.3 is 19.2 Å². The Hall–Kier alpha value is -2.25. The van der Waals surface area contributed by atoms with E-state index >= 15 is 0 Å². The summed E-state index contributed by atoms with van der Waals surface area (Å²) >= 11 is 12.2. The minimum absolute atomic E-state index is 0.00155. The van der Waals surface area contributed by atoms with Crippen molar-refractivity contribution in [3.8, 4) is 5.75 Å². The van der Waals surface area contributed by atoms with Gasteiger partial charge in [-0.25, -0.2) is 14.4 Å². The molecule has 0 aliphatic heterocycles. The molecule has 1 N–H and O–H groups in total. The molecule has 1 aromatic carbocycles. The molecule has 164 valence electrons. The second kappa shape index (κ2) is 9.27. The Labute approximate surface area is 184 Å². The lowest BCUT2D eigenvalue weighted by Crippen LogP contribution is -2.48. The van der Waals surface area contributed by atoms with E-state index in [4.69, 9.17) is 37.1 Å². The lowest BCUT2D eigenvalue weighted by molar-refractivity contribution is -0.138. The second-order valence-electron chi connectivity index (χ2n) is 8.04. The number of benzene rings is 1. The molecule has 0 unspecified atom stereocenters. The van der Waals surface area contributed by atoms with Gasteiger partial charge in [-0.1, -0.05) is 43.5 Å². The van der Waals surface area contributed by atoms with Crippen LogP contribution in [0, 0.1) is 12.8 Å². The highest BCUT2D eigenvalue weighted by Gasteiger charge is 2.30. The number of ether oxygens (including phenoxy) is 2. The zero-order valence-electron chi connectivity index (χ0n) is 17.7.